The highest BCUT2D eigenvalue weighted by molar-refractivity contribution is 7.99. The number of anilines is 6. The highest BCUT2D eigenvalue weighted by Gasteiger charge is 2.28. The van der Waals surface area contributed by atoms with E-state index < -0.39 is 0 Å². The van der Waals surface area contributed by atoms with Gasteiger partial charge in [-0.1, -0.05) is 108 Å². The molecule has 8 aromatic rings. The minimum atomic E-state index is 0.656. The largest absolute Gasteiger partial charge is 0.453 e. The number of halogens is 1. The van der Waals surface area contributed by atoms with Gasteiger partial charge in [-0.3, -0.25) is 0 Å². The monoisotopic (exact) mass is 674 g/mol. The Morgan fingerprint density at radius 1 is 0.479 bits per heavy atom. The zero-order valence-electron chi connectivity index (χ0n) is 25.6. The van der Waals surface area contributed by atoms with Gasteiger partial charge in [0.1, 0.15) is 5.75 Å². The molecule has 1 aliphatic rings. The Bertz CT molecular complexity index is 2390. The molecule has 230 valence electrons. The number of para-hydroxylation sites is 3. The van der Waals surface area contributed by atoms with Crippen LogP contribution in [-0.4, -0.2) is 0 Å². The maximum absolute atomic E-state index is 6.94. The zero-order valence-corrected chi connectivity index (χ0v) is 28.0. The van der Waals surface area contributed by atoms with E-state index in [4.69, 9.17) is 16.3 Å². The van der Waals surface area contributed by atoms with Crippen LogP contribution < -0.4 is 14.5 Å². The molecule has 1 aromatic heterocycles. The van der Waals surface area contributed by atoms with Crippen molar-refractivity contribution in [3.05, 3.63) is 169 Å². The summed E-state index contributed by atoms with van der Waals surface area (Å²) in [5, 5.41) is 3.20. The van der Waals surface area contributed by atoms with Crippen LogP contribution in [0.5, 0.6) is 11.5 Å². The molecule has 6 heteroatoms. The van der Waals surface area contributed by atoms with Crippen LogP contribution in [0, 0.1) is 0 Å². The van der Waals surface area contributed by atoms with Crippen molar-refractivity contribution in [2.24, 2.45) is 0 Å². The van der Waals surface area contributed by atoms with Crippen LogP contribution in [0.2, 0.25) is 5.02 Å². The molecular formula is C42H27ClN2OS2. The molecule has 48 heavy (non-hydrogen) atoms. The smallest absolute Gasteiger partial charge is 0.165 e. The van der Waals surface area contributed by atoms with Crippen molar-refractivity contribution in [2.75, 3.05) is 9.80 Å². The molecule has 0 saturated heterocycles. The molecule has 0 bridgehead atoms. The lowest BCUT2D eigenvalue weighted by molar-refractivity contribution is 0.456. The Balaban J connectivity index is 1.19. The number of thiophene rings is 1. The Kier molecular flexibility index (Phi) is 7.31. The van der Waals surface area contributed by atoms with Gasteiger partial charge in [-0.25, -0.2) is 0 Å². The van der Waals surface area contributed by atoms with Crippen molar-refractivity contribution in [3.8, 4) is 11.5 Å². The first-order chi connectivity index (χ1) is 23.7. The Morgan fingerprint density at radius 2 is 1.08 bits per heavy atom. The molecule has 0 saturated carbocycles. The molecule has 9 rings (SSSR count). The van der Waals surface area contributed by atoms with Crippen molar-refractivity contribution in [2.45, 2.75) is 9.79 Å². The topological polar surface area (TPSA) is 15.7 Å². The van der Waals surface area contributed by atoms with Gasteiger partial charge >= 0.3 is 0 Å². The number of rotatable bonds is 6. The summed E-state index contributed by atoms with van der Waals surface area (Å²) in [6, 6.07) is 57.0. The van der Waals surface area contributed by atoms with Crippen LogP contribution >= 0.6 is 34.7 Å². The second-order valence-corrected chi connectivity index (χ2v) is 14.1. The molecule has 1 aliphatic heterocycles. The maximum atomic E-state index is 6.94. The van der Waals surface area contributed by atoms with Gasteiger partial charge in [-0.2, -0.15) is 0 Å². The minimum absolute atomic E-state index is 0.656. The van der Waals surface area contributed by atoms with E-state index in [9.17, 15) is 0 Å². The summed E-state index contributed by atoms with van der Waals surface area (Å²) in [5.41, 5.74) is 6.16. The predicted molar refractivity (Wildman–Crippen MR) is 204 cm³/mol. The number of hydrogen-bond donors (Lipinski definition) is 0. The SMILES string of the molecule is Clc1cc2c(c(N(c3ccccc3)c3ccccc3)c1)Oc1cc(N(c3ccccc3)c3cccc4c3sc3ccccc34)ccc1S2. The van der Waals surface area contributed by atoms with Gasteiger partial charge in [0.05, 0.1) is 25.9 Å². The van der Waals surface area contributed by atoms with E-state index in [-0.39, 0.29) is 0 Å². The summed E-state index contributed by atoms with van der Waals surface area (Å²) in [4.78, 5) is 6.56. The molecule has 0 N–H and O–H groups in total. The van der Waals surface area contributed by atoms with Gasteiger partial charge in [0.15, 0.2) is 5.75 Å². The second kappa shape index (κ2) is 12.1. The van der Waals surface area contributed by atoms with Gasteiger partial charge in [-0.05, 0) is 72.8 Å². The summed E-state index contributed by atoms with van der Waals surface area (Å²) >= 11 is 10.3. The van der Waals surface area contributed by atoms with Gasteiger partial charge in [-0.15, -0.1) is 11.3 Å². The minimum Gasteiger partial charge on any atom is -0.453 e. The average molecular weight is 675 g/mol. The third-order valence-corrected chi connectivity index (χ3v) is 11.0. The lowest BCUT2D eigenvalue weighted by atomic mass is 10.1. The van der Waals surface area contributed by atoms with Crippen LogP contribution in [0.3, 0.4) is 0 Å². The summed E-state index contributed by atoms with van der Waals surface area (Å²) in [6.07, 6.45) is 0. The first kappa shape index (κ1) is 29.0. The fourth-order valence-electron chi connectivity index (χ4n) is 6.42. The van der Waals surface area contributed by atoms with Crippen LogP contribution in [0.25, 0.3) is 20.2 Å². The van der Waals surface area contributed by atoms with E-state index in [2.05, 4.69) is 149 Å². The van der Waals surface area contributed by atoms with Crippen molar-refractivity contribution in [3.63, 3.8) is 0 Å². The Labute approximate surface area is 292 Å². The van der Waals surface area contributed by atoms with E-state index in [0.717, 1.165) is 55.4 Å². The van der Waals surface area contributed by atoms with Crippen LogP contribution in [-0.2, 0) is 0 Å². The molecule has 0 aliphatic carbocycles. The summed E-state index contributed by atoms with van der Waals surface area (Å²) in [6.45, 7) is 0. The predicted octanol–water partition coefficient (Wildman–Crippen LogP) is 13.9. The van der Waals surface area contributed by atoms with E-state index in [1.165, 1.54) is 20.2 Å². The first-order valence-corrected chi connectivity index (χ1v) is 17.7. The summed E-state index contributed by atoms with van der Waals surface area (Å²) < 4.78 is 9.47. The van der Waals surface area contributed by atoms with Gasteiger partial charge in [0.2, 0.25) is 0 Å². The standard InChI is InChI=1S/C42H27ClN2OS2/c43-28-25-36(44(29-13-4-1-5-14-29)30-15-6-2-7-16-30)41-40(26-28)47-39-24-23-32(27-37(39)46-41)45(31-17-8-3-9-18-31)35-21-12-20-34-33-19-10-11-22-38(33)48-42(34)35/h1-27H. The third kappa shape index (κ3) is 5.08. The Morgan fingerprint density at radius 3 is 1.77 bits per heavy atom. The van der Waals surface area contributed by atoms with Gasteiger partial charge in [0, 0.05) is 49.3 Å². The molecule has 0 amide bonds. The lowest BCUT2D eigenvalue weighted by Crippen LogP contribution is -2.13. The molecule has 0 atom stereocenters. The maximum Gasteiger partial charge on any atom is 0.165 e. The highest BCUT2D eigenvalue weighted by atomic mass is 35.5. The van der Waals surface area contributed by atoms with Gasteiger partial charge < -0.3 is 14.5 Å². The molecule has 0 spiro atoms. The molecule has 0 unspecified atom stereocenters. The third-order valence-electron chi connectivity index (χ3n) is 8.53. The van der Waals surface area contributed by atoms with E-state index in [0.29, 0.717) is 5.02 Å². The average Bonchev–Trinajstić information content (AvgIpc) is 3.52. The van der Waals surface area contributed by atoms with Crippen LogP contribution in [0.1, 0.15) is 0 Å². The summed E-state index contributed by atoms with van der Waals surface area (Å²) in [5.74, 6) is 1.58. The quantitative estimate of drug-likeness (QED) is 0.174. The van der Waals surface area contributed by atoms with E-state index in [1.54, 1.807) is 11.8 Å². The fraction of sp³-hybridized carbons (Fsp3) is 0. The van der Waals surface area contributed by atoms with Crippen molar-refractivity contribution >= 4 is 89.0 Å². The molecular weight excluding hydrogens is 648 g/mol. The highest BCUT2D eigenvalue weighted by Crippen LogP contribution is 2.55. The molecule has 2 heterocycles. The number of nitrogens with zero attached hydrogens (tertiary/aromatic N) is 2. The second-order valence-electron chi connectivity index (χ2n) is 11.5. The van der Waals surface area contributed by atoms with Crippen molar-refractivity contribution in [1.82, 2.24) is 0 Å². The number of ether oxygens (including phenoxy) is 1. The lowest BCUT2D eigenvalue weighted by Gasteiger charge is -2.31. The molecule has 7 aromatic carbocycles. The van der Waals surface area contributed by atoms with Crippen LogP contribution in [0.15, 0.2) is 174 Å². The van der Waals surface area contributed by atoms with E-state index in [1.807, 2.05) is 35.6 Å². The van der Waals surface area contributed by atoms with Crippen molar-refractivity contribution in [1.29, 1.82) is 0 Å². The molecule has 3 nitrogen and oxygen atoms in total. The Hall–Kier alpha value is -5.20. The normalized spacial score (nSPS) is 11.9. The first-order valence-electron chi connectivity index (χ1n) is 15.7. The van der Waals surface area contributed by atoms with Crippen LogP contribution in [0.4, 0.5) is 34.1 Å². The van der Waals surface area contributed by atoms with Gasteiger partial charge in [0.25, 0.3) is 0 Å². The summed E-state index contributed by atoms with van der Waals surface area (Å²) in [7, 11) is 0. The molecule has 0 fully saturated rings. The number of benzene rings is 7. The molecule has 0 radical (unpaired) electrons. The van der Waals surface area contributed by atoms with Crippen molar-refractivity contribution < 1.29 is 4.74 Å². The fourth-order valence-corrected chi connectivity index (χ4v) is 8.90. The van der Waals surface area contributed by atoms with E-state index >= 15 is 0 Å². The zero-order chi connectivity index (χ0) is 32.0. The number of fused-ring (bicyclic) bond motifs is 5. The number of hydrogen-bond acceptors (Lipinski definition) is 5.